The minimum absolute atomic E-state index is 0.00683. The molecule has 0 spiro atoms. The van der Waals surface area contributed by atoms with Crippen LogP contribution in [0.3, 0.4) is 0 Å². The van der Waals surface area contributed by atoms with Crippen LogP contribution in [0.4, 0.5) is 0 Å². The van der Waals surface area contributed by atoms with Crippen LogP contribution in [-0.4, -0.2) is 40.5 Å². The fourth-order valence-electron chi connectivity index (χ4n) is 8.91. The highest BCUT2D eigenvalue weighted by Crippen LogP contribution is 2.61. The third-order valence-corrected chi connectivity index (χ3v) is 12.0. The number of phenolic OH excluding ortho intramolecular Hbond substituents is 1. The number of hydrogen-bond acceptors (Lipinski definition) is 7. The van der Waals surface area contributed by atoms with Crippen molar-refractivity contribution in [3.05, 3.63) is 142 Å². The van der Waals surface area contributed by atoms with E-state index in [1.54, 1.807) is 18.2 Å². The van der Waals surface area contributed by atoms with E-state index >= 15 is 4.79 Å². The van der Waals surface area contributed by atoms with E-state index < -0.39 is 35.0 Å². The van der Waals surface area contributed by atoms with Crippen molar-refractivity contribution in [3.63, 3.8) is 0 Å². The molecule has 6 unspecified atom stereocenters. The maximum absolute atomic E-state index is 15.0. The summed E-state index contributed by atoms with van der Waals surface area (Å²) in [4.78, 5) is 60.5. The quantitative estimate of drug-likeness (QED) is 0.166. The van der Waals surface area contributed by atoms with Gasteiger partial charge >= 0.3 is 0 Å². The molecule has 4 aliphatic rings. The molecule has 8 heteroatoms. The van der Waals surface area contributed by atoms with E-state index in [0.717, 1.165) is 21.6 Å². The molecule has 4 aromatic rings. The van der Waals surface area contributed by atoms with E-state index in [0.29, 0.717) is 23.3 Å². The van der Waals surface area contributed by atoms with Crippen LogP contribution in [0.1, 0.15) is 34.4 Å². The highest BCUT2D eigenvalue weighted by molar-refractivity contribution is 7.09. The molecule has 2 heterocycles. The Hall–Kier alpha value is -5.34. The van der Waals surface area contributed by atoms with Gasteiger partial charge in [-0.2, -0.15) is 0 Å². The van der Waals surface area contributed by atoms with Gasteiger partial charge in [-0.15, -0.1) is 11.3 Å². The van der Waals surface area contributed by atoms with Crippen molar-refractivity contribution >= 4 is 46.4 Å². The van der Waals surface area contributed by atoms with Crippen molar-refractivity contribution in [2.75, 3.05) is 7.11 Å². The molecular weight excluding hydrogens is 647 g/mol. The van der Waals surface area contributed by atoms with Crippen LogP contribution in [-0.2, 0) is 31.1 Å². The van der Waals surface area contributed by atoms with Crippen LogP contribution in [0.5, 0.6) is 11.5 Å². The van der Waals surface area contributed by atoms with Crippen molar-refractivity contribution < 1.29 is 29.0 Å². The lowest BCUT2D eigenvalue weighted by Crippen LogP contribution is -2.59. The number of carbonyl (C=O) groups is 4. The van der Waals surface area contributed by atoms with Gasteiger partial charge in [0.25, 0.3) is 0 Å². The first kappa shape index (κ1) is 31.9. The molecule has 3 aromatic carbocycles. The van der Waals surface area contributed by atoms with Crippen LogP contribution in [0.25, 0.3) is 11.6 Å². The first-order chi connectivity index (χ1) is 24.3. The summed E-state index contributed by atoms with van der Waals surface area (Å²) in [5.41, 5.74) is 2.13. The normalized spacial score (nSPS) is 27.5. The zero-order valence-electron chi connectivity index (χ0n) is 27.4. The number of carbonyl (C=O) groups excluding carboxylic acids is 4. The number of thiophene rings is 1. The molecule has 1 aliphatic heterocycles. The molecule has 1 N–H and O–H groups in total. The first-order valence-electron chi connectivity index (χ1n) is 16.9. The molecule has 8 rings (SSSR count). The molecule has 7 nitrogen and oxygen atoms in total. The fourth-order valence-corrected chi connectivity index (χ4v) is 9.60. The third kappa shape index (κ3) is 4.92. The Morgan fingerprint density at radius 3 is 2.40 bits per heavy atom. The summed E-state index contributed by atoms with van der Waals surface area (Å²) in [6.07, 6.45) is 8.09. The van der Waals surface area contributed by atoms with Crippen molar-refractivity contribution in [2.24, 2.45) is 29.6 Å². The van der Waals surface area contributed by atoms with Gasteiger partial charge in [0.1, 0.15) is 0 Å². The van der Waals surface area contributed by atoms with Gasteiger partial charge in [0.15, 0.2) is 23.1 Å². The molecule has 3 aliphatic carbocycles. The monoisotopic (exact) mass is 681 g/mol. The minimum atomic E-state index is -1.29. The topological polar surface area (TPSA) is 101 Å². The summed E-state index contributed by atoms with van der Waals surface area (Å²) in [6, 6.07) is 27.6. The molecule has 2 fully saturated rings. The number of methoxy groups -OCH3 is 1. The third-order valence-electron chi connectivity index (χ3n) is 11.1. The van der Waals surface area contributed by atoms with Crippen LogP contribution >= 0.6 is 11.3 Å². The van der Waals surface area contributed by atoms with Gasteiger partial charge in [0, 0.05) is 22.3 Å². The summed E-state index contributed by atoms with van der Waals surface area (Å²) in [7, 11) is 1.48. The number of Topliss-reactive ketones (excluding diaryl/α,β-unsaturated/α-hetero) is 1. The summed E-state index contributed by atoms with van der Waals surface area (Å²) in [5, 5.41) is 12.2. The number of likely N-dealkylation sites (tertiary alicyclic amines) is 1. The van der Waals surface area contributed by atoms with Crippen LogP contribution in [0.2, 0.25) is 0 Å². The number of allylic oxidation sites excluding steroid dienone is 5. The highest BCUT2D eigenvalue weighted by atomic mass is 32.1. The number of nitrogens with zero attached hydrogens (tertiary/aromatic N) is 1. The van der Waals surface area contributed by atoms with E-state index in [1.165, 1.54) is 29.4 Å². The number of rotatable bonds is 7. The number of benzene rings is 3. The number of ether oxygens (including phenoxy) is 1. The lowest BCUT2D eigenvalue weighted by Gasteiger charge is -2.54. The van der Waals surface area contributed by atoms with Gasteiger partial charge < -0.3 is 9.84 Å². The SMILES string of the molecule is COc1cc(C=CC2C3=CCC4C(=O)N(Cc5cccs5)C(=O)C4C3CC3C(=O)C(c4ccccc4)=CC(=O)C23c2ccccc2)ccc1O. The maximum Gasteiger partial charge on any atom is 0.234 e. The Balaban J connectivity index is 1.31. The van der Waals surface area contributed by atoms with Gasteiger partial charge in [-0.25, -0.2) is 0 Å². The Bertz CT molecular complexity index is 2100. The van der Waals surface area contributed by atoms with E-state index in [4.69, 9.17) is 4.74 Å². The summed E-state index contributed by atoms with van der Waals surface area (Å²) < 4.78 is 5.36. The van der Waals surface area contributed by atoms with Crippen molar-refractivity contribution in [2.45, 2.75) is 24.8 Å². The smallest absolute Gasteiger partial charge is 0.234 e. The molecule has 1 saturated carbocycles. The fraction of sp³-hybridized carbons (Fsp3) is 0.238. The van der Waals surface area contributed by atoms with Gasteiger partial charge in [-0.3, -0.25) is 24.1 Å². The van der Waals surface area contributed by atoms with Gasteiger partial charge in [-0.05, 0) is 65.1 Å². The molecule has 1 aromatic heterocycles. The first-order valence-corrected chi connectivity index (χ1v) is 17.7. The zero-order valence-corrected chi connectivity index (χ0v) is 28.2. The predicted octanol–water partition coefficient (Wildman–Crippen LogP) is 7.03. The molecule has 6 atom stereocenters. The molecule has 1 saturated heterocycles. The minimum Gasteiger partial charge on any atom is -0.504 e. The lowest BCUT2D eigenvalue weighted by atomic mass is 9.45. The summed E-state index contributed by atoms with van der Waals surface area (Å²) in [6.45, 7) is 0.228. The number of imide groups is 1. The van der Waals surface area contributed by atoms with E-state index in [-0.39, 0.29) is 42.1 Å². The maximum atomic E-state index is 15.0. The van der Waals surface area contributed by atoms with E-state index in [1.807, 2.05) is 90.3 Å². The predicted molar refractivity (Wildman–Crippen MR) is 191 cm³/mol. The standard InChI is InChI=1S/C42H35NO6S/c1-49-36-21-25(15-19-35(36)44)14-18-33-29-16-17-30-38(41(48)43(40(30)47)24-28-13-8-20-50-28)32(29)22-34-39(46)31(26-9-4-2-5-10-26)23-37(45)42(33,34)27-11-6-3-7-12-27/h2-16,18-21,23,30,32-34,38,44H,17,22,24H2,1H3. The molecule has 50 heavy (non-hydrogen) atoms. The Labute approximate surface area is 294 Å². The molecule has 250 valence electrons. The average Bonchev–Trinajstić information content (AvgIpc) is 3.75. The number of phenols is 1. The number of fused-ring (bicyclic) bond motifs is 4. The number of hydrogen-bond donors (Lipinski definition) is 1. The second-order valence-electron chi connectivity index (χ2n) is 13.5. The number of amides is 2. The second kappa shape index (κ2) is 12.5. The molecule has 0 bridgehead atoms. The second-order valence-corrected chi connectivity index (χ2v) is 14.5. The van der Waals surface area contributed by atoms with Crippen LogP contribution in [0.15, 0.2) is 120 Å². The summed E-state index contributed by atoms with van der Waals surface area (Å²) >= 11 is 1.51. The van der Waals surface area contributed by atoms with Crippen LogP contribution < -0.4 is 4.74 Å². The Morgan fingerprint density at radius 1 is 0.920 bits per heavy atom. The highest BCUT2D eigenvalue weighted by Gasteiger charge is 2.65. The van der Waals surface area contributed by atoms with E-state index in [9.17, 15) is 19.5 Å². The van der Waals surface area contributed by atoms with Gasteiger partial charge in [0.05, 0.1) is 30.9 Å². The number of aromatic hydroxyl groups is 1. The molecule has 0 radical (unpaired) electrons. The largest absolute Gasteiger partial charge is 0.504 e. The van der Waals surface area contributed by atoms with Crippen LogP contribution in [0, 0.1) is 29.6 Å². The Kier molecular flexibility index (Phi) is 7.99. The Morgan fingerprint density at radius 2 is 1.68 bits per heavy atom. The van der Waals surface area contributed by atoms with Crippen molar-refractivity contribution in [3.8, 4) is 11.5 Å². The molecule has 2 amide bonds. The van der Waals surface area contributed by atoms with Gasteiger partial charge in [-0.1, -0.05) is 96.6 Å². The van der Waals surface area contributed by atoms with E-state index in [2.05, 4.69) is 6.08 Å². The van der Waals surface area contributed by atoms with Crippen molar-refractivity contribution in [1.29, 1.82) is 0 Å². The lowest BCUT2D eigenvalue weighted by molar-refractivity contribution is -0.141. The van der Waals surface area contributed by atoms with Gasteiger partial charge in [0.2, 0.25) is 11.8 Å². The number of ketones is 2. The zero-order chi connectivity index (χ0) is 34.6. The van der Waals surface area contributed by atoms with Crippen molar-refractivity contribution in [1.82, 2.24) is 4.90 Å². The average molecular weight is 682 g/mol. The molecular formula is C42H35NO6S. The summed E-state index contributed by atoms with van der Waals surface area (Å²) in [5.74, 6) is -3.35.